The Kier molecular flexibility index (Phi) is 16.7. The lowest BCUT2D eigenvalue weighted by Gasteiger charge is -2.34. The molecule has 0 unspecified atom stereocenters. The second-order valence-corrected chi connectivity index (χ2v) is 33.7. The van der Waals surface area contributed by atoms with E-state index in [4.69, 9.17) is 39.1 Å². The van der Waals surface area contributed by atoms with Crippen LogP contribution in [0.5, 0.6) is 34.5 Å². The normalized spacial score (nSPS) is 12.1. The fourth-order valence-electron chi connectivity index (χ4n) is 16.9. The molecular formula is C100H71N9O3SSi. The number of benzene rings is 14. The van der Waals surface area contributed by atoms with Gasteiger partial charge < -0.3 is 14.2 Å². The number of aryl methyl sites for hydroxylation is 3. The molecule has 0 aliphatic carbocycles. The van der Waals surface area contributed by atoms with Crippen molar-refractivity contribution in [1.29, 1.82) is 0 Å². The molecule has 0 fully saturated rings. The number of thiazole rings is 1. The zero-order valence-electron chi connectivity index (χ0n) is 62.6. The van der Waals surface area contributed by atoms with E-state index in [1.165, 1.54) is 31.0 Å². The number of nitrogens with zero attached hydrogens (tertiary/aromatic N) is 9. The van der Waals surface area contributed by atoms with Gasteiger partial charge in [-0.15, -0.1) is 11.3 Å². The maximum Gasteiger partial charge on any atom is 0.179 e. The van der Waals surface area contributed by atoms with Crippen molar-refractivity contribution in [2.45, 2.75) is 40.0 Å². The quantitative estimate of drug-likeness (QED) is 0.0669. The molecule has 544 valence electrons. The predicted molar refractivity (Wildman–Crippen MR) is 466 cm³/mol. The summed E-state index contributed by atoms with van der Waals surface area (Å²) in [7, 11) is -2.55. The molecule has 6 aromatic heterocycles. The summed E-state index contributed by atoms with van der Waals surface area (Å²) in [6.45, 7) is 6.44. The van der Waals surface area contributed by atoms with E-state index in [9.17, 15) is 0 Å². The largest absolute Gasteiger partial charge is 0.453 e. The number of aromatic nitrogens is 9. The number of hydrogen-bond donors (Lipinski definition) is 0. The van der Waals surface area contributed by atoms with Crippen molar-refractivity contribution >= 4 is 105 Å². The first-order chi connectivity index (χ1) is 56.3. The van der Waals surface area contributed by atoms with Crippen molar-refractivity contribution < 1.29 is 14.2 Å². The summed E-state index contributed by atoms with van der Waals surface area (Å²) in [6, 6.07) is 118. The molecule has 14 aromatic carbocycles. The molecule has 0 atom stereocenters. The van der Waals surface area contributed by atoms with Crippen molar-refractivity contribution in [2.75, 3.05) is 0 Å². The van der Waals surface area contributed by atoms with E-state index in [0.29, 0.717) is 0 Å². The smallest absolute Gasteiger partial charge is 0.179 e. The molecule has 23 rings (SSSR count). The van der Waals surface area contributed by atoms with Crippen molar-refractivity contribution in [3.8, 4) is 107 Å². The molecule has 0 N–H and O–H groups in total. The maximum absolute atomic E-state index is 6.35. The lowest BCUT2D eigenvalue weighted by atomic mass is 10.0. The van der Waals surface area contributed by atoms with Crippen LogP contribution in [0.15, 0.2) is 340 Å². The lowest BCUT2D eigenvalue weighted by Crippen LogP contribution is -2.74. The van der Waals surface area contributed by atoms with Crippen LogP contribution in [-0.4, -0.2) is 51.7 Å². The molecule has 3 aliphatic heterocycles. The molecule has 14 heteroatoms. The van der Waals surface area contributed by atoms with Crippen LogP contribution in [0.1, 0.15) is 38.2 Å². The first-order valence-electron chi connectivity index (χ1n) is 38.8. The zero-order chi connectivity index (χ0) is 76.0. The molecule has 0 saturated carbocycles. The highest BCUT2D eigenvalue weighted by Gasteiger charge is 2.41. The van der Waals surface area contributed by atoms with Gasteiger partial charge in [-0.05, 0) is 151 Å². The van der Waals surface area contributed by atoms with E-state index >= 15 is 0 Å². The summed E-state index contributed by atoms with van der Waals surface area (Å²) < 4.78 is 26.8. The summed E-state index contributed by atoms with van der Waals surface area (Å²) in [6.07, 6.45) is 4.37. The van der Waals surface area contributed by atoms with Crippen molar-refractivity contribution in [1.82, 2.24) is 43.6 Å². The molecule has 0 saturated heterocycles. The molecule has 114 heavy (non-hydrogen) atoms. The third-order valence-corrected chi connectivity index (χ3v) is 28.2. The van der Waals surface area contributed by atoms with E-state index in [0.717, 1.165) is 198 Å². The van der Waals surface area contributed by atoms with Gasteiger partial charge in [0.1, 0.15) is 39.0 Å². The van der Waals surface area contributed by atoms with Gasteiger partial charge in [0.25, 0.3) is 0 Å². The number of hydrogen-bond acceptors (Lipinski definition) is 10. The Hall–Kier alpha value is -14.2. The fraction of sp³-hybridized carbons (Fsp3) is 0.0600. The van der Waals surface area contributed by atoms with Crippen LogP contribution in [0, 0.1) is 0 Å². The minimum Gasteiger partial charge on any atom is -0.453 e. The highest BCUT2D eigenvalue weighted by molar-refractivity contribution is 7.21. The zero-order valence-corrected chi connectivity index (χ0v) is 64.4. The Balaban J connectivity index is 0.000000108. The Bertz CT molecular complexity index is 7010. The van der Waals surface area contributed by atoms with Gasteiger partial charge in [-0.3, -0.25) is 18.7 Å². The van der Waals surface area contributed by atoms with Crippen LogP contribution in [0.2, 0.25) is 0 Å². The van der Waals surface area contributed by atoms with Gasteiger partial charge in [0, 0.05) is 47.4 Å². The Morgan fingerprint density at radius 2 is 0.667 bits per heavy atom. The highest BCUT2D eigenvalue weighted by Crippen LogP contribution is 2.47. The van der Waals surface area contributed by atoms with Gasteiger partial charge in [0.05, 0.1) is 60.6 Å². The van der Waals surface area contributed by atoms with E-state index in [1.54, 1.807) is 11.3 Å². The minimum absolute atomic E-state index is 0.843. The molecular weight excluding hydrogens is 1440 g/mol. The van der Waals surface area contributed by atoms with Gasteiger partial charge in [0.15, 0.2) is 42.6 Å². The van der Waals surface area contributed by atoms with E-state index in [1.807, 2.05) is 66.9 Å². The van der Waals surface area contributed by atoms with Crippen LogP contribution >= 0.6 is 11.3 Å². The van der Waals surface area contributed by atoms with Gasteiger partial charge in [0.2, 0.25) is 0 Å². The highest BCUT2D eigenvalue weighted by atomic mass is 32.1. The van der Waals surface area contributed by atoms with Crippen LogP contribution in [0.4, 0.5) is 0 Å². The second-order valence-electron chi connectivity index (χ2n) is 28.9. The van der Waals surface area contributed by atoms with Gasteiger partial charge in [-0.1, -0.05) is 257 Å². The summed E-state index contributed by atoms with van der Waals surface area (Å²) >= 11 is 1.73. The monoisotopic (exact) mass is 1510 g/mol. The number of rotatable bonds is 12. The van der Waals surface area contributed by atoms with Crippen molar-refractivity contribution in [3.63, 3.8) is 0 Å². The Morgan fingerprint density at radius 3 is 1.11 bits per heavy atom. The summed E-state index contributed by atoms with van der Waals surface area (Å²) in [5, 5.41) is 8.73. The van der Waals surface area contributed by atoms with E-state index < -0.39 is 8.07 Å². The molecule has 9 heterocycles. The minimum atomic E-state index is -2.55. The second kappa shape index (κ2) is 28.0. The molecule has 0 radical (unpaired) electrons. The number of para-hydroxylation sites is 4. The summed E-state index contributed by atoms with van der Waals surface area (Å²) in [5.41, 5.74) is 22.1. The van der Waals surface area contributed by atoms with Gasteiger partial charge in [-0.25, -0.2) is 24.9 Å². The third-order valence-electron chi connectivity index (χ3n) is 22.3. The standard InChI is InChI=1S/C39H30N2OSi.C33H22N4O.C28H19N3OS/c1-2-38-40-34-19-12-20-37-39(34)41(38)35-27-29(23-26-36(35)42-37)28-21-24-33(25-22-28)43(30-13-6-3-7-14-30,31-15-8-4-9-16-31)32-17-10-5-11-18-32;1-2-30-35-26-6-3-7-29-33(26)37(30)27-19-24(15-17-28(27)38-29)20-8-10-21(11-9-20)25-16-14-23-13-12-22-5-4-18-34-31(22)32(23)36-25;1-2-26-29-21-7-5-8-24-27(21)31(26)22-16-19(14-15-23(22)32-24)17-10-12-18(13-11-17)28-30-20-6-3-4-9-25(20)33-28/h3-27H,2H2,1H3;3-19H,2H2,1H3;3-16H,2H2,1H3. The Labute approximate surface area is 662 Å². The molecule has 12 nitrogen and oxygen atoms in total. The topological polar surface area (TPSA) is 120 Å². The average Bonchev–Trinajstić information content (AvgIpc) is 1.73. The molecule has 20 aromatic rings. The first-order valence-corrected chi connectivity index (χ1v) is 41.6. The lowest BCUT2D eigenvalue weighted by molar-refractivity contribution is 0.474. The third kappa shape index (κ3) is 11.5. The Morgan fingerprint density at radius 1 is 0.289 bits per heavy atom. The SMILES string of the molecule is CCc1nc2cccc3c2n1-c1cc(-c2ccc(-c4ccc5ccc6cccnc6c5n4)cc2)ccc1O3.CCc1nc2cccc3c2n1-c1cc(-c2ccc(-c4nc5ccccc5s4)cc2)ccc1O3.CCc1nc2cccc3c2n1-c1cc(-c2ccc([Si](c4ccccc4)(c4ccccc4)c4ccccc4)cc2)ccc1O3. The van der Waals surface area contributed by atoms with Gasteiger partial charge in [-0.2, -0.15) is 0 Å². The number of imidazole rings is 3. The van der Waals surface area contributed by atoms with Gasteiger partial charge >= 0.3 is 0 Å². The van der Waals surface area contributed by atoms with Crippen LogP contribution < -0.4 is 35.0 Å². The molecule has 0 bridgehead atoms. The predicted octanol–water partition coefficient (Wildman–Crippen LogP) is 22.5. The summed E-state index contributed by atoms with van der Waals surface area (Å²) in [5.74, 6) is 8.26. The number of ether oxygens (including phenoxy) is 3. The average molecular weight is 1510 g/mol. The number of pyridine rings is 2. The summed E-state index contributed by atoms with van der Waals surface area (Å²) in [4.78, 5) is 29.0. The first kappa shape index (κ1) is 67.9. The van der Waals surface area contributed by atoms with Crippen molar-refractivity contribution in [3.05, 3.63) is 357 Å². The molecule has 3 aliphatic rings. The fourth-order valence-corrected chi connectivity index (χ4v) is 22.6. The van der Waals surface area contributed by atoms with Crippen LogP contribution in [0.3, 0.4) is 0 Å². The van der Waals surface area contributed by atoms with E-state index in [2.05, 4.69) is 312 Å². The number of fused-ring (bicyclic) bond motifs is 10. The molecule has 0 spiro atoms. The molecule has 0 amide bonds. The maximum atomic E-state index is 6.35. The van der Waals surface area contributed by atoms with E-state index in [-0.39, 0.29) is 0 Å². The van der Waals surface area contributed by atoms with Crippen molar-refractivity contribution in [2.24, 2.45) is 0 Å². The van der Waals surface area contributed by atoms with Crippen LogP contribution in [0.25, 0.3) is 137 Å². The van der Waals surface area contributed by atoms with Crippen LogP contribution in [-0.2, 0) is 19.3 Å².